The molecule has 0 aromatic heterocycles. The zero-order chi connectivity index (χ0) is 57.5. The molecule has 452 valence electrons. The molecule has 0 radical (unpaired) electrons. The Hall–Kier alpha value is -1.18. The molecule has 3 saturated heterocycles. The Kier molecular flexibility index (Phi) is 19.1. The van der Waals surface area contributed by atoms with Gasteiger partial charge in [0, 0.05) is 23.4 Å². The summed E-state index contributed by atoms with van der Waals surface area (Å²) in [5, 5.41) is 172. The first-order valence-corrected chi connectivity index (χ1v) is 28.4. The normalized spacial score (nSPS) is 51.4. The van der Waals surface area contributed by atoms with Gasteiger partial charge in [-0.15, -0.1) is 0 Å². The van der Waals surface area contributed by atoms with Gasteiger partial charge in [0.25, 0.3) is 0 Å². The zero-order valence-corrected chi connectivity index (χ0v) is 46.4. The lowest BCUT2D eigenvalue weighted by atomic mass is 9.38. The summed E-state index contributed by atoms with van der Waals surface area (Å²) in [4.78, 5) is 0. The molecule has 30 atom stereocenters. The number of fused-ring (bicyclic) bond motifs is 5. The summed E-state index contributed by atoms with van der Waals surface area (Å²) in [6.07, 6.45) is -24.1. The molecule has 0 spiro atoms. The Morgan fingerprint density at radius 3 is 1.79 bits per heavy atom. The molecular weight excluding hydrogens is 1030 g/mol. The molecule has 3 aliphatic heterocycles. The lowest BCUT2D eigenvalue weighted by Gasteiger charge is -2.67. The van der Waals surface area contributed by atoms with Crippen LogP contribution in [0.15, 0.2) is 11.6 Å². The maximum Gasteiger partial charge on any atom is 0.187 e. The van der Waals surface area contributed by atoms with Crippen molar-refractivity contribution >= 4 is 0 Å². The molecule has 0 aromatic rings. The summed E-state index contributed by atoms with van der Waals surface area (Å²) in [6, 6.07) is 0. The molecule has 0 bridgehead atoms. The quantitative estimate of drug-likeness (QED) is 0.0666. The van der Waals surface area contributed by atoms with Crippen molar-refractivity contribution in [1.29, 1.82) is 0 Å². The van der Waals surface area contributed by atoms with Crippen LogP contribution in [0, 0.1) is 51.2 Å². The van der Waals surface area contributed by atoms with Crippen LogP contribution in [0.4, 0.5) is 0 Å². The number of hydrogen-bond acceptors (Lipinski definition) is 23. The van der Waals surface area contributed by atoms with E-state index in [1.165, 1.54) is 0 Å². The highest BCUT2D eigenvalue weighted by Crippen LogP contribution is 2.75. The second kappa shape index (κ2) is 23.7. The predicted molar refractivity (Wildman–Crippen MR) is 271 cm³/mol. The van der Waals surface area contributed by atoms with E-state index in [4.69, 9.17) is 33.2 Å². The summed E-state index contributed by atoms with van der Waals surface area (Å²) < 4.78 is 42.4. The van der Waals surface area contributed by atoms with E-state index < -0.39 is 177 Å². The van der Waals surface area contributed by atoms with Crippen LogP contribution in [-0.2, 0) is 33.2 Å². The van der Waals surface area contributed by atoms with Crippen molar-refractivity contribution in [3.8, 4) is 0 Å². The van der Waals surface area contributed by atoms with Crippen LogP contribution in [0.1, 0.15) is 113 Å². The molecule has 0 aromatic carbocycles. The molecule has 23 nitrogen and oxygen atoms in total. The van der Waals surface area contributed by atoms with Crippen molar-refractivity contribution in [1.82, 2.24) is 0 Å². The van der Waals surface area contributed by atoms with Gasteiger partial charge in [-0.05, 0) is 106 Å². The molecule has 78 heavy (non-hydrogen) atoms. The summed E-state index contributed by atoms with van der Waals surface area (Å²) in [7, 11) is 0. The average molecular weight is 1120 g/mol. The molecular formula is C55H94O23. The molecule has 8 aliphatic rings. The van der Waals surface area contributed by atoms with E-state index in [1.807, 2.05) is 0 Å². The van der Waals surface area contributed by atoms with E-state index in [9.17, 15) is 81.7 Å². The highest BCUT2D eigenvalue weighted by molar-refractivity contribution is 5.32. The largest absolute Gasteiger partial charge is 0.396 e. The van der Waals surface area contributed by atoms with E-state index >= 15 is 0 Å². The zero-order valence-electron chi connectivity index (χ0n) is 46.4. The number of aliphatic hydroxyl groups excluding tert-OH is 15. The maximum atomic E-state index is 12.7. The first-order chi connectivity index (χ1) is 36.4. The average Bonchev–Trinajstić information content (AvgIpc) is 2.93. The second-order valence-corrected chi connectivity index (χ2v) is 26.4. The van der Waals surface area contributed by atoms with Gasteiger partial charge in [-0.25, -0.2) is 0 Å². The van der Waals surface area contributed by atoms with Gasteiger partial charge in [0.2, 0.25) is 0 Å². The van der Waals surface area contributed by atoms with Crippen molar-refractivity contribution in [2.24, 2.45) is 51.2 Å². The lowest BCUT2D eigenvalue weighted by molar-refractivity contribution is -0.375. The van der Waals surface area contributed by atoms with Gasteiger partial charge in [0.15, 0.2) is 18.9 Å². The third kappa shape index (κ3) is 11.0. The molecule has 4 saturated carbocycles. The summed E-state index contributed by atoms with van der Waals surface area (Å²) in [6.45, 7) is 14.1. The number of aliphatic hydroxyl groups is 16. The van der Waals surface area contributed by atoms with Crippen molar-refractivity contribution in [3.63, 3.8) is 0 Å². The lowest BCUT2D eigenvalue weighted by Crippen LogP contribution is -2.65. The van der Waals surface area contributed by atoms with Gasteiger partial charge < -0.3 is 115 Å². The number of allylic oxidation sites excluding steroid dienone is 1. The maximum absolute atomic E-state index is 12.7. The van der Waals surface area contributed by atoms with Gasteiger partial charge >= 0.3 is 0 Å². The molecule has 3 heterocycles. The fourth-order valence-corrected chi connectivity index (χ4v) is 16.1. The third-order valence-electron chi connectivity index (χ3n) is 21.3. The van der Waals surface area contributed by atoms with E-state index in [0.29, 0.717) is 32.1 Å². The first kappa shape index (κ1) is 62.9. The summed E-state index contributed by atoms with van der Waals surface area (Å²) >= 11 is 0. The van der Waals surface area contributed by atoms with Gasteiger partial charge in [-0.1, -0.05) is 53.2 Å². The van der Waals surface area contributed by atoms with Crippen LogP contribution in [-0.4, -0.2) is 249 Å². The Labute approximate surface area is 456 Å². The highest BCUT2D eigenvalue weighted by atomic mass is 16.8. The second-order valence-electron chi connectivity index (χ2n) is 26.4. The predicted octanol–water partition coefficient (Wildman–Crippen LogP) is -2.57. The number of hydrogen-bond donors (Lipinski definition) is 16. The number of rotatable bonds is 17. The van der Waals surface area contributed by atoms with Crippen LogP contribution in [0.5, 0.6) is 0 Å². The van der Waals surface area contributed by atoms with E-state index in [0.717, 1.165) is 18.4 Å². The van der Waals surface area contributed by atoms with Crippen LogP contribution in [0.3, 0.4) is 0 Å². The summed E-state index contributed by atoms with van der Waals surface area (Å²) in [5.74, 6) is -0.492. The SMILES string of the molecule is C[C@H](CC[C@@H](O[C@@H]1O[C@H](CO)[C@@H](O)[C@H](O)[C@H]1O[C@H]1O[C@@H](CO)[C@H](O)[C@@H](O)[C@@H]1O)C(C)(C)O)C1CC[C@@]2(C)C3CC=C4C(CC[C@H](O[C@@H]5O[C@H](CO[C@@H]6C[C@H](CO)[C@@H](O)[C@H](O)[C@H]6O)[C@@H](O)[C@H](O)[C@H]5O)C4(C)C)[C@]3(C)[C@H](O)C[C@]12C. The first-order valence-electron chi connectivity index (χ1n) is 28.4. The Balaban J connectivity index is 0.940. The van der Waals surface area contributed by atoms with Gasteiger partial charge in [-0.3, -0.25) is 0 Å². The topological polar surface area (TPSA) is 388 Å². The van der Waals surface area contributed by atoms with Crippen LogP contribution < -0.4 is 0 Å². The van der Waals surface area contributed by atoms with Crippen LogP contribution in [0.25, 0.3) is 0 Å². The van der Waals surface area contributed by atoms with E-state index in [2.05, 4.69) is 47.6 Å². The smallest absolute Gasteiger partial charge is 0.187 e. The third-order valence-corrected chi connectivity index (χ3v) is 21.3. The standard InChI is InChI=1S/C55H94O23/c1-23(9-13-35(52(4,5)71)77-50-47(44(68)39(63)30(21-58)74-50)78-49-46(70)42(66)38(62)29(20-57)73-49)25-15-16-53(6)32-12-10-26-27(55(32,8)33(59)18-54(25,53)7)11-14-34(51(26,2)3)76-48-45(69)43(67)40(64)31(75-48)22-72-28-17-24(19-56)36(60)41(65)37(28)61/h10,23-25,27-50,56-71H,9,11-22H2,1-8H3/t23-,24-,25?,27?,28-,29+,30-,31-,32?,33-,34+,35-,36-,37+,38+,39-,40-,41+,42-,43+,44+,45-,46+,47-,48+,49-,50+,53+,54-,55+/m1/s1. The van der Waals surface area contributed by atoms with E-state index in [-0.39, 0.29) is 54.0 Å². The minimum Gasteiger partial charge on any atom is -0.396 e. The Morgan fingerprint density at radius 1 is 0.628 bits per heavy atom. The summed E-state index contributed by atoms with van der Waals surface area (Å²) in [5.41, 5.74) is -2.05. The van der Waals surface area contributed by atoms with Gasteiger partial charge in [0.1, 0.15) is 85.5 Å². The molecule has 8 rings (SSSR count). The van der Waals surface area contributed by atoms with Crippen LogP contribution >= 0.6 is 0 Å². The monoisotopic (exact) mass is 1120 g/mol. The van der Waals surface area contributed by atoms with Crippen molar-refractivity contribution < 1.29 is 115 Å². The van der Waals surface area contributed by atoms with Crippen molar-refractivity contribution in [2.75, 3.05) is 26.4 Å². The van der Waals surface area contributed by atoms with Crippen molar-refractivity contribution in [3.05, 3.63) is 11.6 Å². The van der Waals surface area contributed by atoms with Crippen LogP contribution in [0.2, 0.25) is 0 Å². The molecule has 0 amide bonds. The highest BCUT2D eigenvalue weighted by Gasteiger charge is 2.70. The Morgan fingerprint density at radius 2 is 1.19 bits per heavy atom. The molecule has 5 aliphatic carbocycles. The fraction of sp³-hybridized carbons (Fsp3) is 0.964. The molecule has 23 heteroatoms. The van der Waals surface area contributed by atoms with Gasteiger partial charge in [0.05, 0.1) is 55.9 Å². The minimum atomic E-state index is -1.85. The molecule has 3 unspecified atom stereocenters. The minimum absolute atomic E-state index is 0.0117. The molecule has 7 fully saturated rings. The van der Waals surface area contributed by atoms with E-state index in [1.54, 1.807) is 13.8 Å². The molecule has 16 N–H and O–H groups in total. The fourth-order valence-electron chi connectivity index (χ4n) is 16.1. The number of ether oxygens (including phenoxy) is 7. The van der Waals surface area contributed by atoms with Crippen molar-refractivity contribution in [2.45, 2.75) is 254 Å². The Bertz CT molecular complexity index is 2020. The van der Waals surface area contributed by atoms with Gasteiger partial charge in [-0.2, -0.15) is 0 Å².